The lowest BCUT2D eigenvalue weighted by Crippen LogP contribution is -2.26. The average molecular weight is 362 g/mol. The molecule has 0 unspecified atom stereocenters. The van der Waals surface area contributed by atoms with Crippen LogP contribution in [0.1, 0.15) is 21.6 Å². The van der Waals surface area contributed by atoms with Gasteiger partial charge < -0.3 is 15.4 Å². The molecule has 1 aromatic heterocycles. The van der Waals surface area contributed by atoms with Gasteiger partial charge in [-0.2, -0.15) is 0 Å². The lowest BCUT2D eigenvalue weighted by molar-refractivity contribution is 0.0948. The van der Waals surface area contributed by atoms with Crippen LogP contribution in [0.2, 0.25) is 0 Å². The fourth-order valence-electron chi connectivity index (χ4n) is 2.68. The van der Waals surface area contributed by atoms with Gasteiger partial charge in [0.15, 0.2) is 11.5 Å². The van der Waals surface area contributed by atoms with Gasteiger partial charge in [-0.15, -0.1) is 10.2 Å². The number of methoxy groups -OCH3 is 1. The number of amides is 1. The summed E-state index contributed by atoms with van der Waals surface area (Å²) < 4.78 is 5.32. The molecule has 27 heavy (non-hydrogen) atoms. The van der Waals surface area contributed by atoms with Gasteiger partial charge in [0.1, 0.15) is 5.75 Å². The molecule has 6 heteroatoms. The minimum absolute atomic E-state index is 0.250. The lowest BCUT2D eigenvalue weighted by atomic mass is 10.1. The van der Waals surface area contributed by atoms with Gasteiger partial charge in [0.05, 0.1) is 7.11 Å². The topological polar surface area (TPSA) is 76.1 Å². The first-order valence-corrected chi connectivity index (χ1v) is 8.74. The first-order valence-electron chi connectivity index (χ1n) is 8.74. The summed E-state index contributed by atoms with van der Waals surface area (Å²) in [6.07, 6.45) is 0.677. The number of benzene rings is 2. The summed E-state index contributed by atoms with van der Waals surface area (Å²) in [7, 11) is 1.64. The van der Waals surface area contributed by atoms with Crippen molar-refractivity contribution < 1.29 is 9.53 Å². The molecule has 1 amide bonds. The van der Waals surface area contributed by atoms with E-state index in [0.717, 1.165) is 22.6 Å². The number of ether oxygens (including phenoxy) is 1. The maximum absolute atomic E-state index is 12.2. The molecule has 0 fully saturated rings. The van der Waals surface area contributed by atoms with E-state index in [1.807, 2.05) is 55.5 Å². The molecule has 3 rings (SSSR count). The number of nitrogens with zero attached hydrogens (tertiary/aromatic N) is 2. The molecule has 0 atom stereocenters. The fourth-order valence-corrected chi connectivity index (χ4v) is 2.68. The Bertz CT molecular complexity index is 910. The molecular formula is C21H22N4O2. The van der Waals surface area contributed by atoms with Crippen LogP contribution in [-0.4, -0.2) is 29.8 Å². The van der Waals surface area contributed by atoms with Crippen molar-refractivity contribution in [1.29, 1.82) is 0 Å². The van der Waals surface area contributed by atoms with Crippen molar-refractivity contribution in [1.82, 2.24) is 15.5 Å². The Morgan fingerprint density at radius 1 is 1.00 bits per heavy atom. The van der Waals surface area contributed by atoms with Crippen LogP contribution < -0.4 is 15.4 Å². The third-order valence-corrected chi connectivity index (χ3v) is 4.18. The number of nitrogens with one attached hydrogen (secondary N) is 2. The van der Waals surface area contributed by atoms with Crippen LogP contribution in [0, 0.1) is 6.92 Å². The molecule has 0 aliphatic rings. The maximum atomic E-state index is 12.2. The fraction of sp³-hybridized carbons (Fsp3) is 0.190. The second-order valence-corrected chi connectivity index (χ2v) is 6.06. The van der Waals surface area contributed by atoms with E-state index in [-0.39, 0.29) is 11.6 Å². The summed E-state index contributed by atoms with van der Waals surface area (Å²) in [5.41, 5.74) is 3.40. The van der Waals surface area contributed by atoms with E-state index in [1.54, 1.807) is 19.2 Å². The van der Waals surface area contributed by atoms with Gasteiger partial charge in [-0.05, 0) is 48.7 Å². The van der Waals surface area contributed by atoms with E-state index >= 15 is 0 Å². The van der Waals surface area contributed by atoms with E-state index in [4.69, 9.17) is 4.74 Å². The Morgan fingerprint density at radius 3 is 2.52 bits per heavy atom. The molecule has 2 N–H and O–H groups in total. The summed E-state index contributed by atoms with van der Waals surface area (Å²) in [6, 6.07) is 19.1. The van der Waals surface area contributed by atoms with Crippen LogP contribution in [0.15, 0.2) is 60.7 Å². The molecule has 0 bridgehead atoms. The van der Waals surface area contributed by atoms with Crippen molar-refractivity contribution in [3.8, 4) is 5.75 Å². The zero-order chi connectivity index (χ0) is 19.1. The number of para-hydroxylation sites is 2. The van der Waals surface area contributed by atoms with Crippen LogP contribution in [0.5, 0.6) is 5.75 Å². The number of rotatable bonds is 7. The first kappa shape index (κ1) is 18.4. The maximum Gasteiger partial charge on any atom is 0.271 e. The van der Waals surface area contributed by atoms with Crippen molar-refractivity contribution in [2.45, 2.75) is 13.3 Å². The van der Waals surface area contributed by atoms with Gasteiger partial charge in [-0.3, -0.25) is 4.79 Å². The number of hydrogen-bond acceptors (Lipinski definition) is 5. The number of carbonyl (C=O) groups is 1. The van der Waals surface area contributed by atoms with Crippen LogP contribution in [0.4, 0.5) is 11.5 Å². The smallest absolute Gasteiger partial charge is 0.271 e. The van der Waals surface area contributed by atoms with Crippen LogP contribution in [0.3, 0.4) is 0 Å². The van der Waals surface area contributed by atoms with E-state index in [9.17, 15) is 4.79 Å². The number of hydrogen-bond donors (Lipinski definition) is 2. The Balaban J connectivity index is 1.55. The molecule has 6 nitrogen and oxygen atoms in total. The van der Waals surface area contributed by atoms with E-state index in [2.05, 4.69) is 20.8 Å². The Hall–Kier alpha value is -3.41. The van der Waals surface area contributed by atoms with E-state index in [0.29, 0.717) is 18.8 Å². The van der Waals surface area contributed by atoms with Crippen LogP contribution in [0.25, 0.3) is 0 Å². The number of anilines is 2. The van der Waals surface area contributed by atoms with E-state index in [1.165, 1.54) is 0 Å². The minimum Gasteiger partial charge on any atom is -0.496 e. The summed E-state index contributed by atoms with van der Waals surface area (Å²) in [5.74, 6) is 1.16. The highest BCUT2D eigenvalue weighted by atomic mass is 16.5. The highest BCUT2D eigenvalue weighted by Gasteiger charge is 2.09. The minimum atomic E-state index is -0.250. The standard InChI is InChI=1S/C21H22N4O2/c1-15-7-3-5-9-17(15)23-20-12-11-18(24-25-20)21(26)22-14-13-16-8-4-6-10-19(16)27-2/h3-12H,13-14H2,1-2H3,(H,22,26)(H,23,25). The van der Waals surface area contributed by atoms with Gasteiger partial charge in [0.2, 0.25) is 0 Å². The van der Waals surface area contributed by atoms with Gasteiger partial charge in [-0.25, -0.2) is 0 Å². The van der Waals surface area contributed by atoms with Crippen molar-refractivity contribution >= 4 is 17.4 Å². The zero-order valence-corrected chi connectivity index (χ0v) is 15.4. The predicted molar refractivity (Wildman–Crippen MR) is 106 cm³/mol. The van der Waals surface area contributed by atoms with Crippen LogP contribution >= 0.6 is 0 Å². The highest BCUT2D eigenvalue weighted by Crippen LogP contribution is 2.18. The van der Waals surface area contributed by atoms with E-state index < -0.39 is 0 Å². The van der Waals surface area contributed by atoms with Gasteiger partial charge >= 0.3 is 0 Å². The Morgan fingerprint density at radius 2 is 1.78 bits per heavy atom. The highest BCUT2D eigenvalue weighted by molar-refractivity contribution is 5.92. The van der Waals surface area contributed by atoms with Crippen molar-refractivity contribution in [3.05, 3.63) is 77.5 Å². The summed E-state index contributed by atoms with van der Waals surface area (Å²) in [5, 5.41) is 14.2. The summed E-state index contributed by atoms with van der Waals surface area (Å²) >= 11 is 0. The number of carbonyl (C=O) groups excluding carboxylic acids is 1. The van der Waals surface area contributed by atoms with Crippen molar-refractivity contribution in [3.63, 3.8) is 0 Å². The Labute approximate surface area is 158 Å². The second kappa shape index (κ2) is 8.80. The van der Waals surface area contributed by atoms with Crippen molar-refractivity contribution in [2.75, 3.05) is 19.0 Å². The quantitative estimate of drug-likeness (QED) is 0.673. The SMILES string of the molecule is COc1ccccc1CCNC(=O)c1ccc(Nc2ccccc2C)nn1. The number of aryl methyl sites for hydroxylation is 1. The van der Waals surface area contributed by atoms with Gasteiger partial charge in [0.25, 0.3) is 5.91 Å². The molecule has 1 heterocycles. The summed E-state index contributed by atoms with van der Waals surface area (Å²) in [6.45, 7) is 2.50. The predicted octanol–water partition coefficient (Wildman–Crippen LogP) is 3.51. The normalized spacial score (nSPS) is 10.3. The molecule has 2 aromatic carbocycles. The molecule has 0 saturated carbocycles. The second-order valence-electron chi connectivity index (χ2n) is 6.06. The molecule has 0 radical (unpaired) electrons. The van der Waals surface area contributed by atoms with Crippen LogP contribution in [-0.2, 0) is 6.42 Å². The average Bonchev–Trinajstić information content (AvgIpc) is 2.70. The third kappa shape index (κ3) is 4.82. The molecule has 0 aliphatic carbocycles. The third-order valence-electron chi connectivity index (χ3n) is 4.18. The lowest BCUT2D eigenvalue weighted by Gasteiger charge is -2.09. The Kier molecular flexibility index (Phi) is 5.99. The molecule has 138 valence electrons. The summed E-state index contributed by atoms with van der Waals surface area (Å²) in [4.78, 5) is 12.2. The molecular weight excluding hydrogens is 340 g/mol. The first-order chi connectivity index (χ1) is 13.2. The van der Waals surface area contributed by atoms with Crippen molar-refractivity contribution in [2.24, 2.45) is 0 Å². The van der Waals surface area contributed by atoms with Gasteiger partial charge in [-0.1, -0.05) is 36.4 Å². The molecule has 0 saturated heterocycles. The molecule has 3 aromatic rings. The monoisotopic (exact) mass is 362 g/mol. The number of aromatic nitrogens is 2. The molecule has 0 spiro atoms. The van der Waals surface area contributed by atoms with Gasteiger partial charge in [0, 0.05) is 12.2 Å². The molecule has 0 aliphatic heterocycles. The zero-order valence-electron chi connectivity index (χ0n) is 15.4. The largest absolute Gasteiger partial charge is 0.496 e.